The van der Waals surface area contributed by atoms with Crippen LogP contribution in [-0.2, 0) is 0 Å². The molecule has 2 saturated heterocycles. The highest BCUT2D eigenvalue weighted by molar-refractivity contribution is 5.20. The molecule has 2 heterocycles. The van der Waals surface area contributed by atoms with Crippen molar-refractivity contribution in [2.75, 3.05) is 32.7 Å². The number of rotatable bonds is 4. The average Bonchev–Trinajstić information content (AvgIpc) is 2.85. The first-order chi connectivity index (χ1) is 11.2. The number of likely N-dealkylation sites (tertiary alicyclic amines) is 2. The van der Waals surface area contributed by atoms with Crippen LogP contribution in [0.2, 0.25) is 0 Å². The van der Waals surface area contributed by atoms with E-state index in [4.69, 9.17) is 0 Å². The van der Waals surface area contributed by atoms with Crippen LogP contribution >= 0.6 is 0 Å². The molecule has 1 aromatic rings. The maximum Gasteiger partial charge on any atom is 0.129 e. The smallest absolute Gasteiger partial charge is 0.129 e. The lowest BCUT2D eigenvalue weighted by atomic mass is 10.0. The largest absolute Gasteiger partial charge is 0.387 e. The van der Waals surface area contributed by atoms with Gasteiger partial charge in [0.05, 0.1) is 6.10 Å². The van der Waals surface area contributed by atoms with Crippen molar-refractivity contribution >= 4 is 0 Å². The van der Waals surface area contributed by atoms with Crippen LogP contribution in [0.4, 0.5) is 4.39 Å². The van der Waals surface area contributed by atoms with E-state index < -0.39 is 6.10 Å². The van der Waals surface area contributed by atoms with E-state index in [0.29, 0.717) is 18.2 Å². The molecule has 0 radical (unpaired) electrons. The van der Waals surface area contributed by atoms with Gasteiger partial charge >= 0.3 is 0 Å². The molecule has 0 spiro atoms. The van der Waals surface area contributed by atoms with Crippen molar-refractivity contribution in [2.24, 2.45) is 0 Å². The van der Waals surface area contributed by atoms with Crippen molar-refractivity contribution in [3.63, 3.8) is 0 Å². The zero-order valence-corrected chi connectivity index (χ0v) is 14.0. The number of halogens is 1. The van der Waals surface area contributed by atoms with E-state index in [0.717, 1.165) is 13.1 Å². The van der Waals surface area contributed by atoms with Gasteiger partial charge in [0.25, 0.3) is 0 Å². The first-order valence-corrected chi connectivity index (χ1v) is 9.13. The molecule has 2 atom stereocenters. The fourth-order valence-corrected chi connectivity index (χ4v) is 4.04. The minimum Gasteiger partial charge on any atom is -0.387 e. The van der Waals surface area contributed by atoms with Crippen molar-refractivity contribution < 1.29 is 9.50 Å². The Hall–Kier alpha value is -0.970. The quantitative estimate of drug-likeness (QED) is 0.923. The standard InChI is InChI=1S/C19H29FN2O/c20-18-10-4-3-9-17(18)19(23)15-21-11-7-8-16(14-21)22-12-5-1-2-6-13-22/h3-4,9-10,16,19,23H,1-2,5-8,11-15H2. The van der Waals surface area contributed by atoms with Crippen LogP contribution in [-0.4, -0.2) is 53.7 Å². The van der Waals surface area contributed by atoms with Crippen LogP contribution in [0.3, 0.4) is 0 Å². The number of benzene rings is 1. The third kappa shape index (κ3) is 4.52. The van der Waals surface area contributed by atoms with Gasteiger partial charge in [-0.2, -0.15) is 0 Å². The molecule has 128 valence electrons. The van der Waals surface area contributed by atoms with Gasteiger partial charge in [0.1, 0.15) is 5.82 Å². The van der Waals surface area contributed by atoms with Crippen molar-refractivity contribution in [2.45, 2.75) is 50.7 Å². The molecule has 2 fully saturated rings. The van der Waals surface area contributed by atoms with Crippen molar-refractivity contribution in [1.82, 2.24) is 9.80 Å². The molecular formula is C19H29FN2O. The lowest BCUT2D eigenvalue weighted by molar-refractivity contribution is 0.0571. The predicted molar refractivity (Wildman–Crippen MR) is 90.9 cm³/mol. The van der Waals surface area contributed by atoms with Crippen molar-refractivity contribution in [1.29, 1.82) is 0 Å². The Bertz CT molecular complexity index is 488. The molecule has 1 N–H and O–H groups in total. The van der Waals surface area contributed by atoms with Gasteiger partial charge in [0.15, 0.2) is 0 Å². The summed E-state index contributed by atoms with van der Waals surface area (Å²) in [6.07, 6.45) is 7.04. The number of hydrogen-bond donors (Lipinski definition) is 1. The molecular weight excluding hydrogens is 291 g/mol. The van der Waals surface area contributed by atoms with E-state index in [9.17, 15) is 9.50 Å². The highest BCUT2D eigenvalue weighted by atomic mass is 19.1. The normalized spacial score (nSPS) is 25.9. The van der Waals surface area contributed by atoms with E-state index in [1.807, 2.05) is 0 Å². The maximum absolute atomic E-state index is 13.8. The van der Waals surface area contributed by atoms with Gasteiger partial charge in [-0.25, -0.2) is 4.39 Å². The summed E-state index contributed by atoms with van der Waals surface area (Å²) in [6, 6.07) is 7.18. The van der Waals surface area contributed by atoms with Crippen LogP contribution in [0, 0.1) is 5.82 Å². The highest BCUT2D eigenvalue weighted by Gasteiger charge is 2.27. The second-order valence-corrected chi connectivity index (χ2v) is 7.04. The van der Waals surface area contributed by atoms with E-state index in [1.165, 1.54) is 57.7 Å². The van der Waals surface area contributed by atoms with Gasteiger partial charge in [-0.1, -0.05) is 31.0 Å². The average molecular weight is 320 g/mol. The molecule has 1 aromatic carbocycles. The summed E-state index contributed by atoms with van der Waals surface area (Å²) < 4.78 is 13.8. The molecule has 0 aliphatic carbocycles. The molecule has 0 aromatic heterocycles. The van der Waals surface area contributed by atoms with Gasteiger partial charge in [-0.05, 0) is 51.4 Å². The number of aliphatic hydroxyl groups is 1. The monoisotopic (exact) mass is 320 g/mol. The first-order valence-electron chi connectivity index (χ1n) is 9.13. The number of aliphatic hydroxyl groups excluding tert-OH is 1. The van der Waals surface area contributed by atoms with Crippen LogP contribution in [0.25, 0.3) is 0 Å². The summed E-state index contributed by atoms with van der Waals surface area (Å²) in [5.74, 6) is -0.305. The molecule has 2 unspecified atom stereocenters. The second kappa shape index (κ2) is 8.22. The Kier molecular flexibility index (Phi) is 6.03. The van der Waals surface area contributed by atoms with E-state index in [2.05, 4.69) is 9.80 Å². The second-order valence-electron chi connectivity index (χ2n) is 7.04. The van der Waals surface area contributed by atoms with Crippen LogP contribution < -0.4 is 0 Å². The Morgan fingerprint density at radius 1 is 1.04 bits per heavy atom. The van der Waals surface area contributed by atoms with E-state index in [1.54, 1.807) is 18.2 Å². The molecule has 2 aliphatic heterocycles. The predicted octanol–water partition coefficient (Wildman–Crippen LogP) is 3.20. The zero-order chi connectivity index (χ0) is 16.1. The highest BCUT2D eigenvalue weighted by Crippen LogP contribution is 2.23. The first kappa shape index (κ1) is 16.9. The fourth-order valence-electron chi connectivity index (χ4n) is 4.04. The van der Waals surface area contributed by atoms with Crippen molar-refractivity contribution in [3.8, 4) is 0 Å². The number of piperidine rings is 1. The summed E-state index contributed by atoms with van der Waals surface area (Å²) >= 11 is 0. The molecule has 2 aliphatic rings. The van der Waals surface area contributed by atoms with E-state index in [-0.39, 0.29) is 5.82 Å². The van der Waals surface area contributed by atoms with Gasteiger partial charge in [0.2, 0.25) is 0 Å². The fraction of sp³-hybridized carbons (Fsp3) is 0.684. The van der Waals surface area contributed by atoms with Crippen LogP contribution in [0.15, 0.2) is 24.3 Å². The third-order valence-corrected chi connectivity index (χ3v) is 5.33. The third-order valence-electron chi connectivity index (χ3n) is 5.33. The minimum absolute atomic E-state index is 0.305. The van der Waals surface area contributed by atoms with Crippen LogP contribution in [0.1, 0.15) is 50.2 Å². The maximum atomic E-state index is 13.8. The topological polar surface area (TPSA) is 26.7 Å². The van der Waals surface area contributed by atoms with E-state index >= 15 is 0 Å². The lowest BCUT2D eigenvalue weighted by Crippen LogP contribution is -2.49. The SMILES string of the molecule is OC(CN1CCCC(N2CCCCCC2)C1)c1ccccc1F. The molecule has 4 heteroatoms. The van der Waals surface area contributed by atoms with Crippen molar-refractivity contribution in [3.05, 3.63) is 35.6 Å². The number of nitrogens with zero attached hydrogens (tertiary/aromatic N) is 2. The molecule has 3 rings (SSSR count). The summed E-state index contributed by atoms with van der Waals surface area (Å²) in [7, 11) is 0. The Morgan fingerprint density at radius 3 is 2.52 bits per heavy atom. The summed E-state index contributed by atoms with van der Waals surface area (Å²) in [6.45, 7) is 4.98. The number of hydrogen-bond acceptors (Lipinski definition) is 3. The molecule has 3 nitrogen and oxygen atoms in total. The number of β-amino-alcohol motifs (C(OH)–C–C–N with tert-alkyl or cyclic N) is 1. The summed E-state index contributed by atoms with van der Waals surface area (Å²) in [4.78, 5) is 4.96. The Balaban J connectivity index is 1.57. The Morgan fingerprint density at radius 2 is 1.78 bits per heavy atom. The van der Waals surface area contributed by atoms with Gasteiger partial charge in [-0.3, -0.25) is 9.80 Å². The minimum atomic E-state index is -0.737. The van der Waals surface area contributed by atoms with Gasteiger partial charge in [-0.15, -0.1) is 0 Å². The Labute approximate surface area is 139 Å². The summed E-state index contributed by atoms with van der Waals surface area (Å²) in [5, 5.41) is 10.4. The summed E-state index contributed by atoms with van der Waals surface area (Å²) in [5.41, 5.74) is 0.421. The molecule has 0 amide bonds. The molecule has 23 heavy (non-hydrogen) atoms. The van der Waals surface area contributed by atoms with Crippen LogP contribution in [0.5, 0.6) is 0 Å². The zero-order valence-electron chi connectivity index (χ0n) is 14.0. The van der Waals surface area contributed by atoms with Gasteiger partial charge < -0.3 is 5.11 Å². The molecule has 0 bridgehead atoms. The van der Waals surface area contributed by atoms with Gasteiger partial charge in [0, 0.05) is 24.7 Å². The molecule has 0 saturated carbocycles. The lowest BCUT2D eigenvalue weighted by Gasteiger charge is -2.39.